The molecule has 1 aromatic carbocycles. The van der Waals surface area contributed by atoms with Gasteiger partial charge in [-0.15, -0.1) is 5.10 Å². The summed E-state index contributed by atoms with van der Waals surface area (Å²) in [5.74, 6) is 0.905. The lowest BCUT2D eigenvalue weighted by atomic mass is 10.3. The summed E-state index contributed by atoms with van der Waals surface area (Å²) in [5, 5.41) is 24.0. The maximum atomic E-state index is 9.51. The quantitative estimate of drug-likeness (QED) is 0.595. The van der Waals surface area contributed by atoms with Crippen LogP contribution in [-0.2, 0) is 0 Å². The van der Waals surface area contributed by atoms with Gasteiger partial charge in [-0.2, -0.15) is 20.3 Å². The predicted octanol–water partition coefficient (Wildman–Crippen LogP) is 2.31. The Labute approximate surface area is 137 Å². The van der Waals surface area contributed by atoms with Gasteiger partial charge in [0, 0.05) is 17.3 Å². The Hall–Kier alpha value is -2.45. The molecule has 0 saturated heterocycles. The highest BCUT2D eigenvalue weighted by atomic mass is 35.5. The van der Waals surface area contributed by atoms with Gasteiger partial charge in [-0.25, -0.2) is 0 Å². The molecular weight excluding hydrogens is 318 g/mol. The zero-order valence-electron chi connectivity index (χ0n) is 12.5. The van der Waals surface area contributed by atoms with E-state index in [0.29, 0.717) is 34.5 Å². The molecule has 3 N–H and O–H groups in total. The first-order chi connectivity index (χ1) is 11.2. The van der Waals surface area contributed by atoms with E-state index in [-0.39, 0.29) is 6.73 Å². The third kappa shape index (κ3) is 3.33. The fourth-order valence-corrected chi connectivity index (χ4v) is 2.26. The molecule has 3 aromatic rings. The van der Waals surface area contributed by atoms with Crippen LogP contribution in [0.1, 0.15) is 13.3 Å². The second kappa shape index (κ2) is 6.76. The van der Waals surface area contributed by atoms with E-state index in [2.05, 4.69) is 30.7 Å². The van der Waals surface area contributed by atoms with E-state index in [9.17, 15) is 5.11 Å². The Morgan fingerprint density at radius 2 is 2.00 bits per heavy atom. The van der Waals surface area contributed by atoms with Gasteiger partial charge in [0.25, 0.3) is 0 Å². The molecular formula is C14H16ClN7O. The highest BCUT2D eigenvalue weighted by Crippen LogP contribution is 2.24. The lowest BCUT2D eigenvalue weighted by molar-refractivity contribution is 0.288. The zero-order valence-corrected chi connectivity index (χ0v) is 13.2. The van der Waals surface area contributed by atoms with Crippen LogP contribution in [-0.4, -0.2) is 43.8 Å². The Balaban J connectivity index is 2.00. The van der Waals surface area contributed by atoms with Crippen LogP contribution < -0.4 is 10.2 Å². The van der Waals surface area contributed by atoms with Gasteiger partial charge in [-0.05, 0) is 30.7 Å². The highest BCUT2D eigenvalue weighted by molar-refractivity contribution is 6.30. The summed E-state index contributed by atoms with van der Waals surface area (Å²) < 4.78 is 0. The minimum Gasteiger partial charge on any atom is -0.376 e. The van der Waals surface area contributed by atoms with Crippen molar-refractivity contribution in [2.75, 3.05) is 23.5 Å². The summed E-state index contributed by atoms with van der Waals surface area (Å²) in [7, 11) is 0. The first kappa shape index (κ1) is 15.4. The van der Waals surface area contributed by atoms with Gasteiger partial charge in [0.15, 0.2) is 11.3 Å². The van der Waals surface area contributed by atoms with Crippen molar-refractivity contribution in [1.82, 2.24) is 25.4 Å². The van der Waals surface area contributed by atoms with Crippen LogP contribution in [0.4, 0.5) is 17.5 Å². The lowest BCUT2D eigenvalue weighted by Gasteiger charge is -2.19. The molecule has 0 radical (unpaired) electrons. The Morgan fingerprint density at radius 1 is 1.22 bits per heavy atom. The summed E-state index contributed by atoms with van der Waals surface area (Å²) in [6.07, 6.45) is 0.862. The van der Waals surface area contributed by atoms with Crippen LogP contribution in [0.25, 0.3) is 11.2 Å². The van der Waals surface area contributed by atoms with Crippen LogP contribution in [0.3, 0.4) is 0 Å². The van der Waals surface area contributed by atoms with Gasteiger partial charge < -0.3 is 15.3 Å². The van der Waals surface area contributed by atoms with Crippen molar-refractivity contribution < 1.29 is 5.11 Å². The molecule has 23 heavy (non-hydrogen) atoms. The number of fused-ring (bicyclic) bond motifs is 1. The maximum Gasteiger partial charge on any atom is 0.231 e. The van der Waals surface area contributed by atoms with Gasteiger partial charge >= 0.3 is 0 Å². The fourth-order valence-electron chi connectivity index (χ4n) is 2.14. The molecule has 0 spiro atoms. The van der Waals surface area contributed by atoms with Crippen LogP contribution in [0.2, 0.25) is 5.02 Å². The number of halogens is 1. The van der Waals surface area contributed by atoms with E-state index in [4.69, 9.17) is 11.6 Å². The molecule has 9 heteroatoms. The second-order valence-corrected chi connectivity index (χ2v) is 5.34. The molecule has 0 unspecified atom stereocenters. The largest absolute Gasteiger partial charge is 0.376 e. The minimum atomic E-state index is -0.169. The number of nitrogens with zero attached hydrogens (tertiary/aromatic N) is 5. The van der Waals surface area contributed by atoms with Gasteiger partial charge in [0.2, 0.25) is 11.6 Å². The maximum absolute atomic E-state index is 9.51. The molecule has 2 aromatic heterocycles. The number of aromatic nitrogens is 5. The van der Waals surface area contributed by atoms with Gasteiger partial charge in [-0.1, -0.05) is 18.5 Å². The molecule has 0 saturated carbocycles. The summed E-state index contributed by atoms with van der Waals surface area (Å²) in [6.45, 7) is 2.49. The SMILES string of the molecule is CCCN(CO)c1nc(Nc2ccc(Cl)cc2)c2n[nH]nc2n1. The summed E-state index contributed by atoms with van der Waals surface area (Å²) >= 11 is 5.90. The first-order valence-electron chi connectivity index (χ1n) is 7.18. The molecule has 3 rings (SSSR count). The number of anilines is 3. The molecule has 8 nitrogen and oxygen atoms in total. The molecule has 0 amide bonds. The smallest absolute Gasteiger partial charge is 0.231 e. The van der Waals surface area contributed by atoms with Crippen molar-refractivity contribution in [3.63, 3.8) is 0 Å². The number of aromatic amines is 1. The molecule has 0 aliphatic rings. The number of hydrogen-bond donors (Lipinski definition) is 3. The first-order valence-corrected chi connectivity index (χ1v) is 7.56. The van der Waals surface area contributed by atoms with E-state index < -0.39 is 0 Å². The number of hydrogen-bond acceptors (Lipinski definition) is 7. The average Bonchev–Trinajstić information content (AvgIpc) is 3.03. The highest BCUT2D eigenvalue weighted by Gasteiger charge is 2.15. The number of aliphatic hydroxyl groups is 1. The predicted molar refractivity (Wildman–Crippen MR) is 88.9 cm³/mol. The Morgan fingerprint density at radius 3 is 2.70 bits per heavy atom. The van der Waals surface area contributed by atoms with Crippen molar-refractivity contribution in [1.29, 1.82) is 0 Å². The number of rotatable bonds is 6. The summed E-state index contributed by atoms with van der Waals surface area (Å²) in [6, 6.07) is 7.24. The lowest BCUT2D eigenvalue weighted by Crippen LogP contribution is -2.27. The van der Waals surface area contributed by atoms with Crippen LogP contribution in [0.15, 0.2) is 24.3 Å². The molecule has 0 bridgehead atoms. The standard InChI is InChI=1S/C14H16ClN7O/c1-2-7-22(8-23)14-17-12(11-13(18-14)20-21-19-11)16-10-5-3-9(15)4-6-10/h3-6,23H,2,7-8H2,1H3,(H2,16,17,18,19,20,21). The van der Waals surface area contributed by atoms with Crippen LogP contribution in [0.5, 0.6) is 0 Å². The van der Waals surface area contributed by atoms with Gasteiger partial charge in [0.1, 0.15) is 6.73 Å². The van der Waals surface area contributed by atoms with Crippen molar-refractivity contribution in [2.24, 2.45) is 0 Å². The molecule has 0 aliphatic heterocycles. The fraction of sp³-hybridized carbons (Fsp3) is 0.286. The van der Waals surface area contributed by atoms with Crippen molar-refractivity contribution in [3.05, 3.63) is 29.3 Å². The summed E-state index contributed by atoms with van der Waals surface area (Å²) in [5.41, 5.74) is 1.77. The van der Waals surface area contributed by atoms with Crippen molar-refractivity contribution in [3.8, 4) is 0 Å². The number of nitrogens with one attached hydrogen (secondary N) is 2. The number of benzene rings is 1. The summed E-state index contributed by atoms with van der Waals surface area (Å²) in [4.78, 5) is 10.5. The molecule has 2 heterocycles. The average molecular weight is 334 g/mol. The van der Waals surface area contributed by atoms with E-state index in [0.717, 1.165) is 12.1 Å². The topological polar surface area (TPSA) is 103 Å². The molecule has 0 atom stereocenters. The monoisotopic (exact) mass is 333 g/mol. The van der Waals surface area contributed by atoms with E-state index in [1.54, 1.807) is 17.0 Å². The Kier molecular flexibility index (Phi) is 4.54. The van der Waals surface area contributed by atoms with Crippen LogP contribution in [0, 0.1) is 0 Å². The van der Waals surface area contributed by atoms with E-state index in [1.165, 1.54) is 0 Å². The molecule has 120 valence electrons. The van der Waals surface area contributed by atoms with E-state index >= 15 is 0 Å². The van der Waals surface area contributed by atoms with Crippen molar-refractivity contribution >= 4 is 40.2 Å². The molecule has 0 aliphatic carbocycles. The van der Waals surface area contributed by atoms with Gasteiger partial charge in [0.05, 0.1) is 0 Å². The van der Waals surface area contributed by atoms with Gasteiger partial charge in [-0.3, -0.25) is 0 Å². The minimum absolute atomic E-state index is 0.169. The molecule has 0 fully saturated rings. The second-order valence-electron chi connectivity index (χ2n) is 4.90. The third-order valence-electron chi connectivity index (χ3n) is 3.23. The Bertz CT molecular complexity index is 789. The third-order valence-corrected chi connectivity index (χ3v) is 3.48. The van der Waals surface area contributed by atoms with E-state index in [1.807, 2.05) is 19.1 Å². The number of H-pyrrole nitrogens is 1. The van der Waals surface area contributed by atoms with Crippen LogP contribution >= 0.6 is 11.6 Å². The normalized spacial score (nSPS) is 10.9. The zero-order chi connectivity index (χ0) is 16.2. The van der Waals surface area contributed by atoms with Crippen molar-refractivity contribution in [2.45, 2.75) is 13.3 Å². The number of aliphatic hydroxyl groups excluding tert-OH is 1.